The van der Waals surface area contributed by atoms with E-state index in [9.17, 15) is 4.79 Å². The lowest BCUT2D eigenvalue weighted by Crippen LogP contribution is -2.59. The second kappa shape index (κ2) is 6.53. The van der Waals surface area contributed by atoms with Gasteiger partial charge in [-0.1, -0.05) is 33.6 Å². The Hall–Kier alpha value is -0.610. The van der Waals surface area contributed by atoms with Gasteiger partial charge in [0.05, 0.1) is 18.2 Å². The topological polar surface area (TPSA) is 64.3 Å². The van der Waals surface area contributed by atoms with Crippen LogP contribution in [0.4, 0.5) is 0 Å². The standard InChI is InChI=1S/C14H28N2O2/c1-10(2)12(9-18-4)16-13(17)14(15)7-5-6-11(3)8-14/h10-12H,5-9,15H2,1-4H3,(H,16,17). The van der Waals surface area contributed by atoms with E-state index in [2.05, 4.69) is 26.1 Å². The number of rotatable bonds is 5. The molecule has 3 unspecified atom stereocenters. The summed E-state index contributed by atoms with van der Waals surface area (Å²) in [6.07, 6.45) is 3.80. The van der Waals surface area contributed by atoms with Crippen molar-refractivity contribution in [1.82, 2.24) is 5.32 Å². The van der Waals surface area contributed by atoms with E-state index in [0.717, 1.165) is 19.3 Å². The molecule has 1 aliphatic rings. The predicted molar refractivity (Wildman–Crippen MR) is 73.2 cm³/mol. The minimum atomic E-state index is -0.682. The molecule has 18 heavy (non-hydrogen) atoms. The van der Waals surface area contributed by atoms with Crippen molar-refractivity contribution >= 4 is 5.91 Å². The van der Waals surface area contributed by atoms with Gasteiger partial charge in [-0.3, -0.25) is 4.79 Å². The Morgan fingerprint density at radius 1 is 1.56 bits per heavy atom. The van der Waals surface area contributed by atoms with Crippen LogP contribution in [0.1, 0.15) is 46.5 Å². The fourth-order valence-corrected chi connectivity index (χ4v) is 2.69. The highest BCUT2D eigenvalue weighted by Gasteiger charge is 2.38. The molecule has 1 rings (SSSR count). The molecule has 0 aromatic heterocycles. The first-order chi connectivity index (χ1) is 8.39. The first-order valence-corrected chi connectivity index (χ1v) is 6.98. The van der Waals surface area contributed by atoms with Crippen LogP contribution in [0, 0.1) is 11.8 Å². The zero-order chi connectivity index (χ0) is 13.8. The molecule has 0 saturated heterocycles. The van der Waals surface area contributed by atoms with Gasteiger partial charge in [-0.2, -0.15) is 0 Å². The van der Waals surface area contributed by atoms with Crippen molar-refractivity contribution < 1.29 is 9.53 Å². The molecule has 4 heteroatoms. The summed E-state index contributed by atoms with van der Waals surface area (Å²) in [7, 11) is 1.66. The van der Waals surface area contributed by atoms with E-state index in [-0.39, 0.29) is 11.9 Å². The maximum Gasteiger partial charge on any atom is 0.240 e. The average Bonchev–Trinajstić information content (AvgIpc) is 2.27. The van der Waals surface area contributed by atoms with Crippen LogP contribution >= 0.6 is 0 Å². The average molecular weight is 256 g/mol. The second-order valence-corrected chi connectivity index (χ2v) is 6.14. The van der Waals surface area contributed by atoms with Crippen LogP contribution < -0.4 is 11.1 Å². The number of amides is 1. The number of nitrogens with one attached hydrogen (secondary N) is 1. The molecule has 0 aromatic rings. The van der Waals surface area contributed by atoms with Gasteiger partial charge < -0.3 is 15.8 Å². The van der Waals surface area contributed by atoms with Crippen LogP contribution in [0.3, 0.4) is 0 Å². The number of carbonyl (C=O) groups is 1. The van der Waals surface area contributed by atoms with Gasteiger partial charge in [0, 0.05) is 7.11 Å². The highest BCUT2D eigenvalue weighted by molar-refractivity contribution is 5.86. The van der Waals surface area contributed by atoms with Crippen LogP contribution in [0.25, 0.3) is 0 Å². The summed E-state index contributed by atoms with van der Waals surface area (Å²) in [5, 5.41) is 3.06. The molecule has 3 N–H and O–H groups in total. The summed E-state index contributed by atoms with van der Waals surface area (Å²) in [4.78, 5) is 12.4. The Bertz CT molecular complexity index is 281. The first kappa shape index (κ1) is 15.4. The van der Waals surface area contributed by atoms with Crippen molar-refractivity contribution in [2.45, 2.75) is 58.0 Å². The molecule has 1 aliphatic carbocycles. The van der Waals surface area contributed by atoms with Gasteiger partial charge in [-0.15, -0.1) is 0 Å². The van der Waals surface area contributed by atoms with E-state index in [0.29, 0.717) is 18.4 Å². The molecule has 0 aliphatic heterocycles. The van der Waals surface area contributed by atoms with Crippen LogP contribution in [-0.4, -0.2) is 31.2 Å². The molecule has 0 bridgehead atoms. The molecule has 4 nitrogen and oxygen atoms in total. The molecule has 1 amide bonds. The second-order valence-electron chi connectivity index (χ2n) is 6.14. The van der Waals surface area contributed by atoms with Gasteiger partial charge in [0.2, 0.25) is 5.91 Å². The summed E-state index contributed by atoms with van der Waals surface area (Å²) in [5.74, 6) is 0.873. The maximum absolute atomic E-state index is 12.4. The Balaban J connectivity index is 2.62. The molecule has 1 fully saturated rings. The first-order valence-electron chi connectivity index (χ1n) is 6.98. The van der Waals surface area contributed by atoms with Crippen LogP contribution in [-0.2, 0) is 9.53 Å². The summed E-state index contributed by atoms with van der Waals surface area (Å²) in [6, 6.07) is 0.0418. The molecule has 0 spiro atoms. The lowest BCUT2D eigenvalue weighted by molar-refractivity contribution is -0.129. The smallest absolute Gasteiger partial charge is 0.240 e. The Labute approximate surface area is 111 Å². The van der Waals surface area contributed by atoms with E-state index in [1.165, 1.54) is 6.42 Å². The fourth-order valence-electron chi connectivity index (χ4n) is 2.69. The Morgan fingerprint density at radius 3 is 2.72 bits per heavy atom. The number of nitrogens with two attached hydrogens (primary N) is 1. The summed E-state index contributed by atoms with van der Waals surface area (Å²) < 4.78 is 5.15. The molecule has 3 atom stereocenters. The molecular formula is C14H28N2O2. The molecular weight excluding hydrogens is 228 g/mol. The van der Waals surface area contributed by atoms with Gasteiger partial charge in [0.15, 0.2) is 0 Å². The lowest BCUT2D eigenvalue weighted by Gasteiger charge is -2.37. The molecule has 0 radical (unpaired) electrons. The number of hydrogen-bond donors (Lipinski definition) is 2. The zero-order valence-corrected chi connectivity index (χ0v) is 12.2. The third-order valence-electron chi connectivity index (χ3n) is 3.95. The fraction of sp³-hybridized carbons (Fsp3) is 0.929. The van der Waals surface area contributed by atoms with Crippen molar-refractivity contribution in [2.24, 2.45) is 17.6 Å². The van der Waals surface area contributed by atoms with Gasteiger partial charge in [0.1, 0.15) is 0 Å². The number of carbonyl (C=O) groups excluding carboxylic acids is 1. The van der Waals surface area contributed by atoms with Gasteiger partial charge in [0.25, 0.3) is 0 Å². The Kier molecular flexibility index (Phi) is 5.60. The SMILES string of the molecule is COCC(NC(=O)C1(N)CCCC(C)C1)C(C)C. The summed E-state index contributed by atoms with van der Waals surface area (Å²) in [6.45, 7) is 6.87. The Morgan fingerprint density at radius 2 is 2.22 bits per heavy atom. The van der Waals surface area contributed by atoms with E-state index < -0.39 is 5.54 Å². The zero-order valence-electron chi connectivity index (χ0n) is 12.2. The minimum absolute atomic E-state index is 0.00944. The van der Waals surface area contributed by atoms with Crippen LogP contribution in [0.2, 0.25) is 0 Å². The quantitative estimate of drug-likeness (QED) is 0.786. The van der Waals surface area contributed by atoms with E-state index in [4.69, 9.17) is 10.5 Å². The van der Waals surface area contributed by atoms with Crippen molar-refractivity contribution in [1.29, 1.82) is 0 Å². The monoisotopic (exact) mass is 256 g/mol. The largest absolute Gasteiger partial charge is 0.383 e. The normalized spacial score (nSPS) is 30.2. The van der Waals surface area contributed by atoms with E-state index >= 15 is 0 Å². The highest BCUT2D eigenvalue weighted by atomic mass is 16.5. The predicted octanol–water partition coefficient (Wildman–Crippen LogP) is 1.68. The number of ether oxygens (including phenoxy) is 1. The molecule has 106 valence electrons. The summed E-state index contributed by atoms with van der Waals surface area (Å²) >= 11 is 0. The maximum atomic E-state index is 12.4. The van der Waals surface area contributed by atoms with Crippen LogP contribution in [0.5, 0.6) is 0 Å². The van der Waals surface area contributed by atoms with Gasteiger partial charge in [-0.25, -0.2) is 0 Å². The molecule has 1 saturated carbocycles. The van der Waals surface area contributed by atoms with Gasteiger partial charge in [-0.05, 0) is 24.7 Å². The van der Waals surface area contributed by atoms with Crippen LogP contribution in [0.15, 0.2) is 0 Å². The lowest BCUT2D eigenvalue weighted by atomic mass is 9.76. The van der Waals surface area contributed by atoms with Crippen molar-refractivity contribution in [3.8, 4) is 0 Å². The van der Waals surface area contributed by atoms with Crippen molar-refractivity contribution in [3.63, 3.8) is 0 Å². The number of methoxy groups -OCH3 is 1. The van der Waals surface area contributed by atoms with Crippen molar-refractivity contribution in [3.05, 3.63) is 0 Å². The van der Waals surface area contributed by atoms with Crippen molar-refractivity contribution in [2.75, 3.05) is 13.7 Å². The minimum Gasteiger partial charge on any atom is -0.383 e. The highest BCUT2D eigenvalue weighted by Crippen LogP contribution is 2.30. The molecule has 0 aromatic carbocycles. The third-order valence-corrected chi connectivity index (χ3v) is 3.95. The third kappa shape index (κ3) is 3.95. The number of hydrogen-bond acceptors (Lipinski definition) is 3. The van der Waals surface area contributed by atoms with Gasteiger partial charge >= 0.3 is 0 Å². The molecule has 0 heterocycles. The summed E-state index contributed by atoms with van der Waals surface area (Å²) in [5.41, 5.74) is 5.60. The van der Waals surface area contributed by atoms with E-state index in [1.807, 2.05) is 0 Å². The van der Waals surface area contributed by atoms with E-state index in [1.54, 1.807) is 7.11 Å².